The van der Waals surface area contributed by atoms with Gasteiger partial charge in [0.05, 0.1) is 0 Å². The van der Waals surface area contributed by atoms with Crippen LogP contribution in [-0.4, -0.2) is 29.6 Å². The molecule has 2 rings (SSSR count). The van der Waals surface area contributed by atoms with Crippen LogP contribution < -0.4 is 10.1 Å². The molecule has 1 amide bonds. The van der Waals surface area contributed by atoms with Gasteiger partial charge in [-0.2, -0.15) is 0 Å². The van der Waals surface area contributed by atoms with Gasteiger partial charge >= 0.3 is 5.97 Å². The Kier molecular flexibility index (Phi) is 6.93. The van der Waals surface area contributed by atoms with E-state index in [9.17, 15) is 14.7 Å². The molecule has 2 aromatic rings. The summed E-state index contributed by atoms with van der Waals surface area (Å²) in [6.45, 7) is -0.360. The number of halogens is 3. The Morgan fingerprint density at radius 3 is 2.16 bits per heavy atom. The maximum Gasteiger partial charge on any atom is 0.326 e. The van der Waals surface area contributed by atoms with Gasteiger partial charge in [-0.1, -0.05) is 46.9 Å². The van der Waals surface area contributed by atoms with E-state index in [1.54, 1.807) is 24.3 Å². The van der Waals surface area contributed by atoms with Crippen molar-refractivity contribution in [1.29, 1.82) is 0 Å². The molecule has 0 aliphatic carbocycles. The van der Waals surface area contributed by atoms with Crippen molar-refractivity contribution in [2.24, 2.45) is 0 Å². The molecule has 25 heavy (non-hydrogen) atoms. The van der Waals surface area contributed by atoms with Crippen molar-refractivity contribution in [2.75, 3.05) is 6.61 Å². The third kappa shape index (κ3) is 6.46. The molecule has 0 aliphatic heterocycles. The van der Waals surface area contributed by atoms with E-state index in [2.05, 4.69) is 5.32 Å². The summed E-state index contributed by atoms with van der Waals surface area (Å²) in [5.41, 5.74) is 0.736. The Morgan fingerprint density at radius 2 is 1.60 bits per heavy atom. The summed E-state index contributed by atoms with van der Waals surface area (Å²) in [4.78, 5) is 23.3. The molecule has 0 saturated heterocycles. The van der Waals surface area contributed by atoms with Gasteiger partial charge in [-0.25, -0.2) is 4.79 Å². The summed E-state index contributed by atoms with van der Waals surface area (Å²) < 4.78 is 5.28. The molecule has 0 bridgehead atoms. The number of amides is 1. The zero-order valence-corrected chi connectivity index (χ0v) is 15.1. The summed E-state index contributed by atoms with van der Waals surface area (Å²) in [6, 6.07) is 10.2. The number of hydrogen-bond donors (Lipinski definition) is 2. The number of carboxylic acid groups (broad SMARTS) is 1. The van der Waals surface area contributed by atoms with Crippen molar-refractivity contribution in [2.45, 2.75) is 12.5 Å². The Hall–Kier alpha value is -1.95. The number of nitrogens with one attached hydrogen (secondary N) is 1. The van der Waals surface area contributed by atoms with E-state index in [1.807, 2.05) is 0 Å². The molecule has 8 heteroatoms. The van der Waals surface area contributed by atoms with Gasteiger partial charge in [0.15, 0.2) is 6.61 Å². The first kappa shape index (κ1) is 19.4. The molecule has 0 fully saturated rings. The zero-order valence-electron chi connectivity index (χ0n) is 12.8. The minimum Gasteiger partial charge on any atom is -0.484 e. The summed E-state index contributed by atoms with van der Waals surface area (Å²) in [5, 5.41) is 13.0. The topological polar surface area (TPSA) is 75.6 Å². The van der Waals surface area contributed by atoms with E-state index in [0.29, 0.717) is 20.8 Å². The average molecular weight is 403 g/mol. The first-order chi connectivity index (χ1) is 11.8. The van der Waals surface area contributed by atoms with Gasteiger partial charge in [-0.05, 0) is 35.9 Å². The smallest absolute Gasteiger partial charge is 0.326 e. The Balaban J connectivity index is 1.93. The minimum absolute atomic E-state index is 0.126. The Morgan fingerprint density at radius 1 is 1.00 bits per heavy atom. The van der Waals surface area contributed by atoms with Crippen LogP contribution in [0.25, 0.3) is 0 Å². The minimum atomic E-state index is -1.14. The van der Waals surface area contributed by atoms with E-state index < -0.39 is 17.9 Å². The van der Waals surface area contributed by atoms with E-state index >= 15 is 0 Å². The number of rotatable bonds is 7. The molecule has 0 spiro atoms. The molecule has 1 unspecified atom stereocenters. The molecule has 132 valence electrons. The molecule has 0 aromatic heterocycles. The van der Waals surface area contributed by atoms with Crippen LogP contribution in [0.1, 0.15) is 5.56 Å². The number of aliphatic carboxylic acids is 1. The van der Waals surface area contributed by atoms with E-state index in [4.69, 9.17) is 39.5 Å². The molecule has 2 aromatic carbocycles. The molecule has 0 heterocycles. The summed E-state index contributed by atoms with van der Waals surface area (Å²) in [6.07, 6.45) is 0.126. The summed E-state index contributed by atoms with van der Waals surface area (Å²) in [5.74, 6) is -1.40. The number of benzene rings is 2. The van der Waals surface area contributed by atoms with Crippen molar-refractivity contribution in [1.82, 2.24) is 5.32 Å². The number of carboxylic acids is 1. The fourth-order valence-corrected chi connectivity index (χ4v) is 2.69. The predicted octanol–water partition coefficient (Wildman–Crippen LogP) is 3.84. The highest BCUT2D eigenvalue weighted by atomic mass is 35.5. The van der Waals surface area contributed by atoms with Gasteiger partial charge < -0.3 is 15.2 Å². The van der Waals surface area contributed by atoms with Crippen molar-refractivity contribution < 1.29 is 19.4 Å². The fourth-order valence-electron chi connectivity index (χ4n) is 2.05. The van der Waals surface area contributed by atoms with Crippen LogP contribution in [0.2, 0.25) is 15.1 Å². The van der Waals surface area contributed by atoms with Crippen LogP contribution in [0.15, 0.2) is 42.5 Å². The fraction of sp³-hybridized carbons (Fsp3) is 0.176. The largest absolute Gasteiger partial charge is 0.484 e. The first-order valence-corrected chi connectivity index (χ1v) is 8.32. The standard InChI is InChI=1S/C17H14Cl3NO4/c18-11-3-1-10(2-4-11)5-15(17(23)24)21-16(22)9-25-14-7-12(19)6-13(20)8-14/h1-4,6-8,15H,5,9H2,(H,21,22)(H,23,24). The summed E-state index contributed by atoms with van der Waals surface area (Å²) in [7, 11) is 0. The van der Waals surface area contributed by atoms with E-state index in [1.165, 1.54) is 18.2 Å². The average Bonchev–Trinajstić information content (AvgIpc) is 2.53. The number of hydrogen-bond acceptors (Lipinski definition) is 3. The maximum atomic E-state index is 12.0. The second-order valence-electron chi connectivity index (χ2n) is 5.18. The highest BCUT2D eigenvalue weighted by Crippen LogP contribution is 2.24. The van der Waals surface area contributed by atoms with E-state index in [0.717, 1.165) is 5.56 Å². The van der Waals surface area contributed by atoms with Gasteiger partial charge in [0.2, 0.25) is 0 Å². The molecule has 0 radical (unpaired) electrons. The molecule has 0 aliphatic rings. The lowest BCUT2D eigenvalue weighted by molar-refractivity contribution is -0.142. The van der Waals surface area contributed by atoms with Gasteiger partial charge in [0, 0.05) is 21.5 Å². The highest BCUT2D eigenvalue weighted by Gasteiger charge is 2.20. The highest BCUT2D eigenvalue weighted by molar-refractivity contribution is 6.34. The zero-order chi connectivity index (χ0) is 18.4. The lowest BCUT2D eigenvalue weighted by Crippen LogP contribution is -2.44. The van der Waals surface area contributed by atoms with Gasteiger partial charge in [-0.15, -0.1) is 0 Å². The monoisotopic (exact) mass is 401 g/mol. The lowest BCUT2D eigenvalue weighted by atomic mass is 10.1. The number of carbonyl (C=O) groups excluding carboxylic acids is 1. The van der Waals surface area contributed by atoms with Crippen molar-refractivity contribution in [3.05, 3.63) is 63.1 Å². The summed E-state index contributed by atoms with van der Waals surface area (Å²) >= 11 is 17.5. The third-order valence-corrected chi connectivity index (χ3v) is 3.88. The molecular formula is C17H14Cl3NO4. The maximum absolute atomic E-state index is 12.0. The van der Waals surface area contributed by atoms with Crippen LogP contribution in [0, 0.1) is 0 Å². The Labute approximate surface area is 159 Å². The second kappa shape index (κ2) is 8.94. The van der Waals surface area contributed by atoms with Crippen LogP contribution in [0.4, 0.5) is 0 Å². The SMILES string of the molecule is O=C(COc1cc(Cl)cc(Cl)c1)NC(Cc1ccc(Cl)cc1)C(=O)O. The number of ether oxygens (including phenoxy) is 1. The van der Waals surface area contributed by atoms with Crippen LogP contribution in [0.3, 0.4) is 0 Å². The lowest BCUT2D eigenvalue weighted by Gasteiger charge is -2.15. The van der Waals surface area contributed by atoms with Crippen molar-refractivity contribution >= 4 is 46.7 Å². The predicted molar refractivity (Wildman–Crippen MR) is 96.7 cm³/mol. The second-order valence-corrected chi connectivity index (χ2v) is 6.49. The molecule has 2 N–H and O–H groups in total. The molecule has 1 atom stereocenters. The normalized spacial score (nSPS) is 11.6. The van der Waals surface area contributed by atoms with Gasteiger partial charge in [0.25, 0.3) is 5.91 Å². The third-order valence-electron chi connectivity index (χ3n) is 3.19. The Bertz CT molecular complexity index is 745. The van der Waals surface area contributed by atoms with Crippen molar-refractivity contribution in [3.63, 3.8) is 0 Å². The number of carbonyl (C=O) groups is 2. The van der Waals surface area contributed by atoms with Crippen LogP contribution >= 0.6 is 34.8 Å². The first-order valence-electron chi connectivity index (χ1n) is 7.19. The van der Waals surface area contributed by atoms with Crippen LogP contribution in [0.5, 0.6) is 5.75 Å². The van der Waals surface area contributed by atoms with Gasteiger partial charge in [0.1, 0.15) is 11.8 Å². The molecule has 0 saturated carbocycles. The van der Waals surface area contributed by atoms with E-state index in [-0.39, 0.29) is 13.0 Å². The van der Waals surface area contributed by atoms with Gasteiger partial charge in [-0.3, -0.25) is 4.79 Å². The van der Waals surface area contributed by atoms with Crippen molar-refractivity contribution in [3.8, 4) is 5.75 Å². The molecular weight excluding hydrogens is 389 g/mol. The van der Waals surface area contributed by atoms with Crippen LogP contribution in [-0.2, 0) is 16.0 Å². The molecule has 5 nitrogen and oxygen atoms in total. The quantitative estimate of drug-likeness (QED) is 0.738.